The standard InChI is InChI=1S/C23H20N2O3S/c1-24-20-13-12-19(22(26)28-16-18-10-6-3-7-11-18)14-21(20)29-25(23(24)27)15-17-8-4-2-5-9-17/h2-14H,15-16H2,1H3. The quantitative estimate of drug-likeness (QED) is 0.437. The van der Waals surface area contributed by atoms with Crippen molar-refractivity contribution in [3.63, 3.8) is 0 Å². The number of hydrogen-bond acceptors (Lipinski definition) is 4. The SMILES string of the molecule is CN1C(=O)N(Cc2ccccc2)Sc2cc(C(=O)OCc3ccccc3)ccc21. The second kappa shape index (κ2) is 8.41. The molecule has 146 valence electrons. The number of urea groups is 1. The average molecular weight is 404 g/mol. The normalized spacial score (nSPS) is 13.2. The van der Waals surface area contributed by atoms with Crippen molar-refractivity contribution in [2.75, 3.05) is 11.9 Å². The molecule has 0 aromatic heterocycles. The molecule has 3 aromatic rings. The first kappa shape index (κ1) is 19.1. The molecule has 5 nitrogen and oxygen atoms in total. The number of hydrogen-bond donors (Lipinski definition) is 0. The molecular formula is C23H20N2O3S. The summed E-state index contributed by atoms with van der Waals surface area (Å²) in [4.78, 5) is 27.7. The second-order valence-corrected chi connectivity index (χ2v) is 7.76. The number of benzene rings is 3. The van der Waals surface area contributed by atoms with Gasteiger partial charge < -0.3 is 4.74 Å². The Morgan fingerprint density at radius 1 is 0.931 bits per heavy atom. The van der Waals surface area contributed by atoms with Gasteiger partial charge in [-0.2, -0.15) is 0 Å². The van der Waals surface area contributed by atoms with Gasteiger partial charge in [0.25, 0.3) is 0 Å². The summed E-state index contributed by atoms with van der Waals surface area (Å²) in [6, 6.07) is 24.6. The maximum absolute atomic E-state index is 12.7. The zero-order valence-corrected chi connectivity index (χ0v) is 16.8. The van der Waals surface area contributed by atoms with E-state index in [-0.39, 0.29) is 18.6 Å². The summed E-state index contributed by atoms with van der Waals surface area (Å²) < 4.78 is 7.12. The molecule has 29 heavy (non-hydrogen) atoms. The van der Waals surface area contributed by atoms with Gasteiger partial charge in [0, 0.05) is 7.05 Å². The fourth-order valence-electron chi connectivity index (χ4n) is 3.08. The van der Waals surface area contributed by atoms with E-state index >= 15 is 0 Å². The van der Waals surface area contributed by atoms with Crippen molar-refractivity contribution in [1.82, 2.24) is 4.31 Å². The van der Waals surface area contributed by atoms with Crippen LogP contribution in [-0.4, -0.2) is 23.4 Å². The van der Waals surface area contributed by atoms with Gasteiger partial charge in [-0.1, -0.05) is 60.7 Å². The Hall–Kier alpha value is -3.25. The molecule has 0 aliphatic carbocycles. The predicted molar refractivity (Wildman–Crippen MR) is 114 cm³/mol. The first-order chi connectivity index (χ1) is 14.1. The molecular weight excluding hydrogens is 384 g/mol. The summed E-state index contributed by atoms with van der Waals surface area (Å²) in [5.41, 5.74) is 3.23. The molecule has 1 aliphatic rings. The Balaban J connectivity index is 1.50. The minimum atomic E-state index is -0.383. The molecule has 0 atom stereocenters. The minimum absolute atomic E-state index is 0.0919. The third kappa shape index (κ3) is 4.27. The topological polar surface area (TPSA) is 49.9 Å². The minimum Gasteiger partial charge on any atom is -0.457 e. The van der Waals surface area contributed by atoms with Gasteiger partial charge >= 0.3 is 12.0 Å². The highest BCUT2D eigenvalue weighted by Crippen LogP contribution is 2.39. The molecule has 6 heteroatoms. The molecule has 0 saturated carbocycles. The number of nitrogens with zero attached hydrogens (tertiary/aromatic N) is 2. The third-order valence-electron chi connectivity index (χ3n) is 4.65. The highest BCUT2D eigenvalue weighted by Gasteiger charge is 2.29. The monoisotopic (exact) mass is 404 g/mol. The van der Waals surface area contributed by atoms with Gasteiger partial charge in [-0.3, -0.25) is 9.21 Å². The van der Waals surface area contributed by atoms with E-state index in [0.717, 1.165) is 21.7 Å². The van der Waals surface area contributed by atoms with Crippen LogP contribution in [0.15, 0.2) is 83.8 Å². The van der Waals surface area contributed by atoms with Gasteiger partial charge in [0.05, 0.1) is 22.7 Å². The van der Waals surface area contributed by atoms with Crippen molar-refractivity contribution in [3.8, 4) is 0 Å². The van der Waals surface area contributed by atoms with Crippen LogP contribution in [0.3, 0.4) is 0 Å². The molecule has 0 N–H and O–H groups in total. The van der Waals surface area contributed by atoms with Gasteiger partial charge in [0.1, 0.15) is 6.61 Å². The molecule has 0 radical (unpaired) electrons. The summed E-state index contributed by atoms with van der Waals surface area (Å²) in [5.74, 6) is -0.383. The number of anilines is 1. The first-order valence-corrected chi connectivity index (χ1v) is 10.0. The van der Waals surface area contributed by atoms with E-state index in [0.29, 0.717) is 12.1 Å². The number of esters is 1. The Morgan fingerprint density at radius 2 is 1.59 bits per heavy atom. The number of amides is 2. The van der Waals surface area contributed by atoms with E-state index in [4.69, 9.17) is 4.74 Å². The van der Waals surface area contributed by atoms with E-state index < -0.39 is 0 Å². The molecule has 0 spiro atoms. The number of ether oxygens (including phenoxy) is 1. The van der Waals surface area contributed by atoms with Crippen LogP contribution < -0.4 is 4.90 Å². The second-order valence-electron chi connectivity index (χ2n) is 6.70. The zero-order valence-electron chi connectivity index (χ0n) is 15.9. The smallest absolute Gasteiger partial charge is 0.338 e. The molecule has 4 rings (SSSR count). The summed E-state index contributed by atoms with van der Waals surface area (Å²) in [6.07, 6.45) is 0. The van der Waals surface area contributed by atoms with Gasteiger partial charge in [0.2, 0.25) is 0 Å². The van der Waals surface area contributed by atoms with Crippen LogP contribution in [-0.2, 0) is 17.9 Å². The Morgan fingerprint density at radius 3 is 2.28 bits per heavy atom. The summed E-state index contributed by atoms with van der Waals surface area (Å²) in [6.45, 7) is 0.708. The number of carbonyl (C=O) groups is 2. The lowest BCUT2D eigenvalue weighted by atomic mass is 10.2. The van der Waals surface area contributed by atoms with Crippen LogP contribution >= 0.6 is 11.9 Å². The van der Waals surface area contributed by atoms with Crippen LogP contribution in [0.1, 0.15) is 21.5 Å². The van der Waals surface area contributed by atoms with Crippen molar-refractivity contribution in [1.29, 1.82) is 0 Å². The molecule has 0 bridgehead atoms. The Bertz CT molecular complexity index is 1020. The predicted octanol–water partition coefficient (Wildman–Crippen LogP) is 5.12. The number of carbonyl (C=O) groups excluding carboxylic acids is 2. The van der Waals surface area contributed by atoms with E-state index in [2.05, 4.69) is 0 Å². The van der Waals surface area contributed by atoms with Crippen molar-refractivity contribution >= 4 is 29.6 Å². The van der Waals surface area contributed by atoms with Crippen molar-refractivity contribution in [3.05, 3.63) is 95.6 Å². The lowest BCUT2D eigenvalue weighted by Crippen LogP contribution is -2.40. The number of fused-ring (bicyclic) bond motifs is 1. The maximum Gasteiger partial charge on any atom is 0.338 e. The fraction of sp³-hybridized carbons (Fsp3) is 0.130. The van der Waals surface area contributed by atoms with Gasteiger partial charge in [-0.25, -0.2) is 9.59 Å². The van der Waals surface area contributed by atoms with Crippen LogP contribution in [0.5, 0.6) is 0 Å². The van der Waals surface area contributed by atoms with Crippen LogP contribution in [0, 0.1) is 0 Å². The first-order valence-electron chi connectivity index (χ1n) is 9.24. The van der Waals surface area contributed by atoms with Crippen LogP contribution in [0.25, 0.3) is 0 Å². The third-order valence-corrected chi connectivity index (χ3v) is 5.68. The van der Waals surface area contributed by atoms with E-state index in [9.17, 15) is 9.59 Å². The average Bonchev–Trinajstić information content (AvgIpc) is 2.76. The van der Waals surface area contributed by atoms with Gasteiger partial charge in [-0.05, 0) is 41.3 Å². The van der Waals surface area contributed by atoms with Crippen molar-refractivity contribution in [2.45, 2.75) is 18.0 Å². The molecule has 2 amide bonds. The lowest BCUT2D eigenvalue weighted by molar-refractivity contribution is 0.0472. The highest BCUT2D eigenvalue weighted by atomic mass is 32.2. The summed E-state index contributed by atoms with van der Waals surface area (Å²) in [7, 11) is 1.74. The van der Waals surface area contributed by atoms with Crippen molar-refractivity contribution < 1.29 is 14.3 Å². The zero-order chi connectivity index (χ0) is 20.2. The molecule has 3 aromatic carbocycles. The number of rotatable bonds is 5. The van der Waals surface area contributed by atoms with E-state index in [1.807, 2.05) is 60.7 Å². The summed E-state index contributed by atoms with van der Waals surface area (Å²) >= 11 is 1.34. The Kier molecular flexibility index (Phi) is 5.53. The maximum atomic E-state index is 12.7. The Labute approximate surface area is 174 Å². The van der Waals surface area contributed by atoms with E-state index in [1.165, 1.54) is 11.9 Å². The van der Waals surface area contributed by atoms with Gasteiger partial charge in [0.15, 0.2) is 0 Å². The largest absolute Gasteiger partial charge is 0.457 e. The molecule has 1 aliphatic heterocycles. The van der Waals surface area contributed by atoms with Crippen LogP contribution in [0.2, 0.25) is 0 Å². The molecule has 0 saturated heterocycles. The summed E-state index contributed by atoms with van der Waals surface area (Å²) in [5, 5.41) is 0. The van der Waals surface area contributed by atoms with Crippen LogP contribution in [0.4, 0.5) is 10.5 Å². The highest BCUT2D eigenvalue weighted by molar-refractivity contribution is 7.97. The van der Waals surface area contributed by atoms with Crippen molar-refractivity contribution in [2.24, 2.45) is 0 Å². The fourth-order valence-corrected chi connectivity index (χ4v) is 4.20. The molecule has 1 heterocycles. The molecule has 0 fully saturated rings. The van der Waals surface area contributed by atoms with E-state index in [1.54, 1.807) is 34.5 Å². The van der Waals surface area contributed by atoms with Gasteiger partial charge in [-0.15, -0.1) is 0 Å². The molecule has 0 unspecified atom stereocenters. The lowest BCUT2D eigenvalue weighted by Gasteiger charge is -2.33.